The van der Waals surface area contributed by atoms with Gasteiger partial charge in [0, 0.05) is 17.5 Å². The molecule has 0 radical (unpaired) electrons. The summed E-state index contributed by atoms with van der Waals surface area (Å²) in [4.78, 5) is 11.6. The molecule has 2 N–H and O–H groups in total. The molecule has 18 heavy (non-hydrogen) atoms. The fraction of sp³-hybridized carbons (Fsp3) is 0.462. The highest BCUT2D eigenvalue weighted by Gasteiger charge is 2.05. The Morgan fingerprint density at radius 3 is 2.67 bits per heavy atom. The monoisotopic (exact) mass is 270 g/mol. The van der Waals surface area contributed by atoms with Gasteiger partial charge in [-0.1, -0.05) is 6.92 Å². The third-order valence-corrected chi connectivity index (χ3v) is 3.45. The van der Waals surface area contributed by atoms with Crippen molar-refractivity contribution in [2.45, 2.75) is 19.9 Å². The van der Waals surface area contributed by atoms with Crippen molar-refractivity contribution in [3.63, 3.8) is 0 Å². The van der Waals surface area contributed by atoms with Crippen LogP contribution in [0.3, 0.4) is 0 Å². The largest absolute Gasteiger partial charge is 0.325 e. The van der Waals surface area contributed by atoms with E-state index in [0.717, 1.165) is 11.5 Å². The second kappa shape index (κ2) is 8.11. The molecule has 0 saturated heterocycles. The molecule has 0 aliphatic carbocycles. The van der Waals surface area contributed by atoms with Crippen LogP contribution in [0.25, 0.3) is 0 Å². The third-order valence-electron chi connectivity index (χ3n) is 2.31. The predicted molar refractivity (Wildman–Crippen MR) is 75.5 cm³/mol. The fourth-order valence-electron chi connectivity index (χ4n) is 1.36. The van der Waals surface area contributed by atoms with Crippen molar-refractivity contribution >= 4 is 23.4 Å². The second-order valence-corrected chi connectivity index (χ2v) is 5.32. The number of benzene rings is 1. The average molecular weight is 270 g/mol. The van der Waals surface area contributed by atoms with Crippen LogP contribution in [0.15, 0.2) is 24.3 Å². The molecule has 0 fully saturated rings. The van der Waals surface area contributed by atoms with Crippen LogP contribution in [0.2, 0.25) is 0 Å². The van der Waals surface area contributed by atoms with Crippen LogP contribution < -0.4 is 10.6 Å². The Kier molecular flexibility index (Phi) is 6.75. The maximum atomic E-state index is 12.7. The molecule has 1 unspecified atom stereocenters. The number of nitrogens with one attached hydrogen (secondary N) is 2. The van der Waals surface area contributed by atoms with E-state index in [1.165, 1.54) is 12.1 Å². The minimum atomic E-state index is -0.309. The molecule has 5 heteroatoms. The van der Waals surface area contributed by atoms with Gasteiger partial charge < -0.3 is 10.6 Å². The van der Waals surface area contributed by atoms with E-state index < -0.39 is 0 Å². The number of carbonyl (C=O) groups is 1. The number of hydrogen-bond acceptors (Lipinski definition) is 3. The highest BCUT2D eigenvalue weighted by atomic mass is 32.2. The molecule has 0 aliphatic heterocycles. The highest BCUT2D eigenvalue weighted by molar-refractivity contribution is 7.99. The van der Waals surface area contributed by atoms with Crippen LogP contribution in [-0.2, 0) is 4.79 Å². The SMILES string of the molecule is CCSCC(C)NCC(=O)Nc1ccc(F)cc1. The smallest absolute Gasteiger partial charge is 0.238 e. The minimum Gasteiger partial charge on any atom is -0.325 e. The Hall–Kier alpha value is -1.07. The van der Waals surface area contributed by atoms with Gasteiger partial charge in [-0.2, -0.15) is 11.8 Å². The Balaban J connectivity index is 2.27. The first-order valence-electron chi connectivity index (χ1n) is 5.98. The molecule has 1 rings (SSSR count). The minimum absolute atomic E-state index is 0.116. The lowest BCUT2D eigenvalue weighted by Crippen LogP contribution is -2.35. The van der Waals surface area contributed by atoms with Gasteiger partial charge in [-0.3, -0.25) is 4.79 Å². The maximum absolute atomic E-state index is 12.7. The van der Waals surface area contributed by atoms with Gasteiger partial charge in [0.25, 0.3) is 0 Å². The number of anilines is 1. The van der Waals surface area contributed by atoms with Gasteiger partial charge in [0.2, 0.25) is 5.91 Å². The normalized spacial score (nSPS) is 12.2. The number of carbonyl (C=O) groups excluding carboxylic acids is 1. The molecule has 3 nitrogen and oxygen atoms in total. The summed E-state index contributed by atoms with van der Waals surface area (Å²) in [6.45, 7) is 4.43. The van der Waals surface area contributed by atoms with Gasteiger partial charge in [-0.15, -0.1) is 0 Å². The summed E-state index contributed by atoms with van der Waals surface area (Å²) in [6, 6.07) is 6.04. The number of halogens is 1. The van der Waals surface area contributed by atoms with Crippen LogP contribution >= 0.6 is 11.8 Å². The van der Waals surface area contributed by atoms with Crippen molar-refractivity contribution in [2.75, 3.05) is 23.4 Å². The summed E-state index contributed by atoms with van der Waals surface area (Å²) in [5, 5.41) is 5.85. The van der Waals surface area contributed by atoms with Crippen molar-refractivity contribution in [2.24, 2.45) is 0 Å². The predicted octanol–water partition coefficient (Wildman–Crippen LogP) is 2.50. The molecule has 1 amide bonds. The molecule has 0 aromatic heterocycles. The van der Waals surface area contributed by atoms with Crippen LogP contribution in [0, 0.1) is 5.82 Å². The average Bonchev–Trinajstić information content (AvgIpc) is 2.36. The molecule has 0 saturated carbocycles. The second-order valence-electron chi connectivity index (χ2n) is 4.00. The van der Waals surface area contributed by atoms with E-state index in [4.69, 9.17) is 0 Å². The number of amides is 1. The lowest BCUT2D eigenvalue weighted by molar-refractivity contribution is -0.115. The third kappa shape index (κ3) is 6.02. The molecule has 1 aromatic carbocycles. The van der Waals surface area contributed by atoms with E-state index in [9.17, 15) is 9.18 Å². The van der Waals surface area contributed by atoms with Crippen LogP contribution in [0.1, 0.15) is 13.8 Å². The Labute approximate surface area is 112 Å². The fourth-order valence-corrected chi connectivity index (χ4v) is 2.07. The summed E-state index contributed by atoms with van der Waals surface area (Å²) in [7, 11) is 0. The first kappa shape index (κ1) is 15.0. The summed E-state index contributed by atoms with van der Waals surface area (Å²) < 4.78 is 12.7. The highest BCUT2D eigenvalue weighted by Crippen LogP contribution is 2.07. The Morgan fingerprint density at radius 2 is 2.06 bits per heavy atom. The zero-order valence-electron chi connectivity index (χ0n) is 10.7. The van der Waals surface area contributed by atoms with E-state index in [1.807, 2.05) is 18.7 Å². The van der Waals surface area contributed by atoms with Gasteiger partial charge in [0.15, 0.2) is 0 Å². The maximum Gasteiger partial charge on any atom is 0.238 e. The zero-order chi connectivity index (χ0) is 13.4. The van der Waals surface area contributed by atoms with E-state index >= 15 is 0 Å². The van der Waals surface area contributed by atoms with Crippen molar-refractivity contribution in [3.05, 3.63) is 30.1 Å². The molecule has 100 valence electrons. The van der Waals surface area contributed by atoms with E-state index in [-0.39, 0.29) is 18.3 Å². The lowest BCUT2D eigenvalue weighted by Gasteiger charge is -2.12. The number of hydrogen-bond donors (Lipinski definition) is 2. The van der Waals surface area contributed by atoms with Gasteiger partial charge in [0.1, 0.15) is 5.82 Å². The van der Waals surface area contributed by atoms with Crippen molar-refractivity contribution in [1.29, 1.82) is 0 Å². The van der Waals surface area contributed by atoms with Gasteiger partial charge in [-0.05, 0) is 36.9 Å². The first-order valence-corrected chi connectivity index (χ1v) is 7.14. The zero-order valence-corrected chi connectivity index (χ0v) is 11.5. The Morgan fingerprint density at radius 1 is 1.39 bits per heavy atom. The van der Waals surface area contributed by atoms with Gasteiger partial charge >= 0.3 is 0 Å². The molecule has 0 heterocycles. The lowest BCUT2D eigenvalue weighted by atomic mass is 10.3. The summed E-state index contributed by atoms with van der Waals surface area (Å²) in [5.74, 6) is 1.64. The van der Waals surface area contributed by atoms with Gasteiger partial charge in [-0.25, -0.2) is 4.39 Å². The summed E-state index contributed by atoms with van der Waals surface area (Å²) >= 11 is 1.84. The van der Waals surface area contributed by atoms with E-state index in [2.05, 4.69) is 17.6 Å². The van der Waals surface area contributed by atoms with E-state index in [1.54, 1.807) is 12.1 Å². The van der Waals surface area contributed by atoms with E-state index in [0.29, 0.717) is 11.7 Å². The summed E-state index contributed by atoms with van der Waals surface area (Å²) in [6.07, 6.45) is 0. The van der Waals surface area contributed by atoms with Crippen molar-refractivity contribution in [3.8, 4) is 0 Å². The first-order chi connectivity index (χ1) is 8.61. The molecule has 0 spiro atoms. The summed E-state index contributed by atoms with van der Waals surface area (Å²) in [5.41, 5.74) is 0.610. The Bertz CT molecular complexity index is 370. The standard InChI is InChI=1S/C13H19FN2OS/c1-3-18-9-10(2)15-8-13(17)16-12-6-4-11(14)5-7-12/h4-7,10,15H,3,8-9H2,1-2H3,(H,16,17). The van der Waals surface area contributed by atoms with Gasteiger partial charge in [0.05, 0.1) is 6.54 Å². The van der Waals surface area contributed by atoms with Crippen LogP contribution in [0.4, 0.5) is 10.1 Å². The van der Waals surface area contributed by atoms with Crippen molar-refractivity contribution in [1.82, 2.24) is 5.32 Å². The topological polar surface area (TPSA) is 41.1 Å². The molecular formula is C13H19FN2OS. The number of thioether (sulfide) groups is 1. The molecule has 1 aromatic rings. The molecule has 0 aliphatic rings. The molecule has 0 bridgehead atoms. The molecular weight excluding hydrogens is 251 g/mol. The quantitative estimate of drug-likeness (QED) is 0.800. The number of rotatable bonds is 7. The molecule has 1 atom stereocenters. The van der Waals surface area contributed by atoms with Crippen LogP contribution in [-0.4, -0.2) is 30.0 Å². The van der Waals surface area contributed by atoms with Crippen molar-refractivity contribution < 1.29 is 9.18 Å². The van der Waals surface area contributed by atoms with Crippen LogP contribution in [0.5, 0.6) is 0 Å².